The summed E-state index contributed by atoms with van der Waals surface area (Å²) in [4.78, 5) is 2.73. The number of rotatable bonds is 3. The molecule has 15 heavy (non-hydrogen) atoms. The fraction of sp³-hybridized carbons (Fsp3) is 1.00. The highest BCUT2D eigenvalue weighted by Gasteiger charge is 2.35. The normalized spacial score (nSPS) is 41.2. The lowest BCUT2D eigenvalue weighted by Gasteiger charge is -2.19. The van der Waals surface area contributed by atoms with E-state index in [2.05, 4.69) is 10.2 Å². The predicted octanol–water partition coefficient (Wildman–Crippen LogP) is 1.86. The van der Waals surface area contributed by atoms with Crippen LogP contribution in [0.3, 0.4) is 0 Å². The van der Waals surface area contributed by atoms with E-state index in [0.29, 0.717) is 0 Å². The summed E-state index contributed by atoms with van der Waals surface area (Å²) in [6, 6.07) is 0.838. The summed E-state index contributed by atoms with van der Waals surface area (Å²) in [6.07, 6.45) is 8.75. The van der Waals surface area contributed by atoms with Gasteiger partial charge in [-0.1, -0.05) is 6.42 Å². The van der Waals surface area contributed by atoms with Crippen LogP contribution in [0.15, 0.2) is 0 Å². The number of hydrogen-bond donors (Lipinski definition) is 1. The van der Waals surface area contributed by atoms with Crippen molar-refractivity contribution in [2.45, 2.75) is 44.6 Å². The van der Waals surface area contributed by atoms with E-state index in [1.165, 1.54) is 64.7 Å². The minimum atomic E-state index is 0.838. The molecule has 2 aliphatic heterocycles. The third kappa shape index (κ3) is 2.21. The molecule has 0 amide bonds. The molecule has 1 aliphatic carbocycles. The summed E-state index contributed by atoms with van der Waals surface area (Å²) in [7, 11) is 0. The van der Waals surface area contributed by atoms with Gasteiger partial charge in [-0.2, -0.15) is 0 Å². The van der Waals surface area contributed by atoms with Crippen molar-refractivity contribution in [1.29, 1.82) is 0 Å². The van der Waals surface area contributed by atoms with Gasteiger partial charge in [-0.05, 0) is 57.0 Å². The largest absolute Gasteiger partial charge is 0.314 e. The van der Waals surface area contributed by atoms with Gasteiger partial charge in [0.15, 0.2) is 0 Å². The highest BCUT2D eigenvalue weighted by atomic mass is 15.2. The first kappa shape index (κ1) is 10.1. The maximum Gasteiger partial charge on any atom is 0.00797 e. The molecule has 2 heterocycles. The first-order valence-corrected chi connectivity index (χ1v) is 6.87. The van der Waals surface area contributed by atoms with Crippen LogP contribution in [-0.2, 0) is 0 Å². The van der Waals surface area contributed by atoms with Gasteiger partial charge in [-0.15, -0.1) is 0 Å². The highest BCUT2D eigenvalue weighted by Crippen LogP contribution is 2.37. The molecular weight excluding hydrogens is 184 g/mol. The van der Waals surface area contributed by atoms with E-state index in [-0.39, 0.29) is 0 Å². The zero-order valence-electron chi connectivity index (χ0n) is 9.75. The molecule has 0 aromatic carbocycles. The first-order valence-electron chi connectivity index (χ1n) is 6.87. The van der Waals surface area contributed by atoms with Gasteiger partial charge in [0.1, 0.15) is 0 Å². The van der Waals surface area contributed by atoms with Crippen molar-refractivity contribution in [3.05, 3.63) is 0 Å². The van der Waals surface area contributed by atoms with Crippen molar-refractivity contribution in [3.8, 4) is 0 Å². The lowest BCUT2D eigenvalue weighted by molar-refractivity contribution is 0.293. The molecule has 2 saturated heterocycles. The Kier molecular flexibility index (Phi) is 2.98. The summed E-state index contributed by atoms with van der Waals surface area (Å²) in [6.45, 7) is 5.44. The molecule has 3 atom stereocenters. The van der Waals surface area contributed by atoms with E-state index < -0.39 is 0 Å². The van der Waals surface area contributed by atoms with Gasteiger partial charge in [0, 0.05) is 19.1 Å². The summed E-state index contributed by atoms with van der Waals surface area (Å²) < 4.78 is 0. The molecule has 2 nitrogen and oxygen atoms in total. The maximum atomic E-state index is 3.60. The Hall–Kier alpha value is -0.0800. The molecule has 1 saturated carbocycles. The van der Waals surface area contributed by atoms with Crippen LogP contribution in [0.4, 0.5) is 0 Å². The van der Waals surface area contributed by atoms with Crippen molar-refractivity contribution >= 4 is 0 Å². The van der Waals surface area contributed by atoms with Crippen LogP contribution in [0.2, 0.25) is 0 Å². The van der Waals surface area contributed by atoms with Crippen LogP contribution in [-0.4, -0.2) is 37.1 Å². The van der Waals surface area contributed by atoms with Crippen LogP contribution in [0.5, 0.6) is 0 Å². The van der Waals surface area contributed by atoms with Crippen LogP contribution in [0, 0.1) is 11.8 Å². The second kappa shape index (κ2) is 4.42. The zero-order valence-corrected chi connectivity index (χ0v) is 9.75. The van der Waals surface area contributed by atoms with E-state index in [1.807, 2.05) is 0 Å². The predicted molar refractivity (Wildman–Crippen MR) is 62.9 cm³/mol. The second-order valence-electron chi connectivity index (χ2n) is 5.79. The van der Waals surface area contributed by atoms with Crippen LogP contribution >= 0.6 is 0 Å². The monoisotopic (exact) mass is 208 g/mol. The van der Waals surface area contributed by atoms with E-state index >= 15 is 0 Å². The molecule has 0 aromatic rings. The van der Waals surface area contributed by atoms with Crippen LogP contribution < -0.4 is 5.32 Å². The third-order valence-electron chi connectivity index (χ3n) is 4.76. The van der Waals surface area contributed by atoms with Gasteiger partial charge in [0.2, 0.25) is 0 Å². The quantitative estimate of drug-likeness (QED) is 0.761. The minimum Gasteiger partial charge on any atom is -0.314 e. The topological polar surface area (TPSA) is 15.3 Å². The number of hydrogen-bond acceptors (Lipinski definition) is 2. The number of likely N-dealkylation sites (tertiary alicyclic amines) is 1. The van der Waals surface area contributed by atoms with E-state index in [9.17, 15) is 0 Å². The summed E-state index contributed by atoms with van der Waals surface area (Å²) in [5.41, 5.74) is 0. The molecule has 0 bridgehead atoms. The summed E-state index contributed by atoms with van der Waals surface area (Å²) in [5, 5.41) is 3.60. The van der Waals surface area contributed by atoms with E-state index in [0.717, 1.165) is 17.9 Å². The Morgan fingerprint density at radius 3 is 2.47 bits per heavy atom. The molecule has 2 heteroatoms. The van der Waals surface area contributed by atoms with Gasteiger partial charge in [0.25, 0.3) is 0 Å². The number of fused-ring (bicyclic) bond motifs is 1. The number of nitrogens with zero attached hydrogens (tertiary/aromatic N) is 1. The van der Waals surface area contributed by atoms with Crippen molar-refractivity contribution < 1.29 is 0 Å². The lowest BCUT2D eigenvalue weighted by atomic mass is 10.0. The van der Waals surface area contributed by atoms with Gasteiger partial charge in [0.05, 0.1) is 0 Å². The Balaban J connectivity index is 1.41. The van der Waals surface area contributed by atoms with Crippen molar-refractivity contribution in [3.63, 3.8) is 0 Å². The van der Waals surface area contributed by atoms with Gasteiger partial charge < -0.3 is 10.2 Å². The minimum absolute atomic E-state index is 0.838. The molecule has 86 valence electrons. The van der Waals surface area contributed by atoms with Crippen LogP contribution in [0.1, 0.15) is 38.5 Å². The highest BCUT2D eigenvalue weighted by molar-refractivity contribution is 4.89. The van der Waals surface area contributed by atoms with E-state index in [4.69, 9.17) is 0 Å². The van der Waals surface area contributed by atoms with Crippen molar-refractivity contribution in [1.82, 2.24) is 10.2 Å². The summed E-state index contributed by atoms with van der Waals surface area (Å²) >= 11 is 0. The van der Waals surface area contributed by atoms with Gasteiger partial charge >= 0.3 is 0 Å². The molecule has 0 spiro atoms. The second-order valence-corrected chi connectivity index (χ2v) is 5.79. The van der Waals surface area contributed by atoms with Crippen molar-refractivity contribution in [2.75, 3.05) is 26.2 Å². The number of nitrogens with one attached hydrogen (secondary N) is 1. The van der Waals surface area contributed by atoms with Gasteiger partial charge in [-0.3, -0.25) is 0 Å². The Morgan fingerprint density at radius 1 is 1.00 bits per heavy atom. The van der Waals surface area contributed by atoms with Crippen molar-refractivity contribution in [2.24, 2.45) is 11.8 Å². The Morgan fingerprint density at radius 2 is 1.80 bits per heavy atom. The van der Waals surface area contributed by atoms with Crippen LogP contribution in [0.25, 0.3) is 0 Å². The molecular formula is C13H24N2. The molecule has 3 rings (SSSR count). The molecule has 0 radical (unpaired) electrons. The standard InChI is InChI=1S/C13H24N2/c1-3-11-9-15(10-12(11)4-1)8-6-13-5-2-7-14-13/h11-14H,1-10H2. The Bertz CT molecular complexity index is 199. The Labute approximate surface area is 93.4 Å². The molecule has 1 N–H and O–H groups in total. The third-order valence-corrected chi connectivity index (χ3v) is 4.76. The zero-order chi connectivity index (χ0) is 10.1. The van der Waals surface area contributed by atoms with Gasteiger partial charge in [-0.25, -0.2) is 0 Å². The molecule has 0 aromatic heterocycles. The average molecular weight is 208 g/mol. The average Bonchev–Trinajstić information content (AvgIpc) is 2.91. The first-order chi connectivity index (χ1) is 7.42. The lowest BCUT2D eigenvalue weighted by Crippen LogP contribution is -2.30. The molecule has 3 aliphatic rings. The molecule has 3 fully saturated rings. The SMILES string of the molecule is C1CNC(CCN2CC3CCCC3C2)C1. The fourth-order valence-electron chi connectivity index (χ4n) is 3.86. The van der Waals surface area contributed by atoms with E-state index in [1.54, 1.807) is 0 Å². The maximum absolute atomic E-state index is 3.60. The fourth-order valence-corrected chi connectivity index (χ4v) is 3.86. The summed E-state index contributed by atoms with van der Waals surface area (Å²) in [5.74, 6) is 2.14. The smallest absolute Gasteiger partial charge is 0.00797 e. The molecule has 3 unspecified atom stereocenters.